The molecule has 0 aromatic heterocycles. The van der Waals surface area contributed by atoms with Gasteiger partial charge >= 0.3 is 5.97 Å². The Morgan fingerprint density at radius 2 is 1.91 bits per heavy atom. The molecule has 0 radical (unpaired) electrons. The zero-order valence-corrected chi connectivity index (χ0v) is 13.3. The standard InChI is InChI=1S/C18H23NO4/c20-16(11-13-4-5-14-2-1-3-15(14)10-13)19-18(12-17(21)22)6-8-23-9-7-18/h4-5,10H,1-3,6-9,11-12H2,(H,19,20)(H,21,22). The molecular formula is C18H23NO4. The van der Waals surface area contributed by atoms with Gasteiger partial charge in [-0.3, -0.25) is 9.59 Å². The van der Waals surface area contributed by atoms with E-state index in [9.17, 15) is 9.59 Å². The van der Waals surface area contributed by atoms with Crippen LogP contribution in [0, 0.1) is 0 Å². The van der Waals surface area contributed by atoms with Crippen molar-refractivity contribution in [2.45, 2.75) is 50.5 Å². The first-order chi connectivity index (χ1) is 11.1. The Labute approximate surface area is 136 Å². The Kier molecular flexibility index (Phi) is 4.66. The molecule has 1 amide bonds. The molecule has 3 rings (SSSR count). The van der Waals surface area contributed by atoms with Gasteiger partial charge in [0.1, 0.15) is 0 Å². The minimum atomic E-state index is -0.885. The molecule has 23 heavy (non-hydrogen) atoms. The van der Waals surface area contributed by atoms with Crippen LogP contribution in [0.3, 0.4) is 0 Å². The molecule has 1 saturated heterocycles. The van der Waals surface area contributed by atoms with E-state index in [2.05, 4.69) is 17.4 Å². The van der Waals surface area contributed by atoms with Gasteiger partial charge in [0.05, 0.1) is 18.4 Å². The Hall–Kier alpha value is -1.88. The quantitative estimate of drug-likeness (QED) is 0.869. The van der Waals surface area contributed by atoms with E-state index in [1.54, 1.807) is 0 Å². The van der Waals surface area contributed by atoms with E-state index >= 15 is 0 Å². The molecule has 0 bridgehead atoms. The average molecular weight is 317 g/mol. The molecule has 1 aliphatic heterocycles. The van der Waals surface area contributed by atoms with Gasteiger partial charge in [-0.25, -0.2) is 0 Å². The number of carbonyl (C=O) groups excluding carboxylic acids is 1. The van der Waals surface area contributed by atoms with Gasteiger partial charge in [0.15, 0.2) is 0 Å². The Morgan fingerprint density at radius 1 is 1.17 bits per heavy atom. The molecular weight excluding hydrogens is 294 g/mol. The van der Waals surface area contributed by atoms with Crippen LogP contribution < -0.4 is 5.32 Å². The van der Waals surface area contributed by atoms with Gasteiger partial charge < -0.3 is 15.2 Å². The minimum Gasteiger partial charge on any atom is -0.481 e. The molecule has 5 nitrogen and oxygen atoms in total. The zero-order valence-electron chi connectivity index (χ0n) is 13.3. The van der Waals surface area contributed by atoms with E-state index in [1.165, 1.54) is 17.5 Å². The fourth-order valence-corrected chi connectivity index (χ4v) is 3.66. The molecule has 1 fully saturated rings. The highest BCUT2D eigenvalue weighted by atomic mass is 16.5. The van der Waals surface area contributed by atoms with Crippen molar-refractivity contribution in [1.82, 2.24) is 5.32 Å². The highest BCUT2D eigenvalue weighted by Crippen LogP contribution is 2.26. The number of hydrogen-bond donors (Lipinski definition) is 2. The molecule has 124 valence electrons. The van der Waals surface area contributed by atoms with E-state index in [-0.39, 0.29) is 12.3 Å². The van der Waals surface area contributed by atoms with Gasteiger partial charge in [0, 0.05) is 13.2 Å². The van der Waals surface area contributed by atoms with Crippen LogP contribution in [0.25, 0.3) is 0 Å². The summed E-state index contributed by atoms with van der Waals surface area (Å²) in [5.41, 5.74) is 3.07. The fourth-order valence-electron chi connectivity index (χ4n) is 3.66. The van der Waals surface area contributed by atoms with Crippen molar-refractivity contribution in [3.8, 4) is 0 Å². The minimum absolute atomic E-state index is 0.0493. The molecule has 5 heteroatoms. The van der Waals surface area contributed by atoms with E-state index in [0.717, 1.165) is 18.4 Å². The molecule has 0 atom stereocenters. The smallest absolute Gasteiger partial charge is 0.305 e. The summed E-state index contributed by atoms with van der Waals surface area (Å²) in [5.74, 6) is -0.990. The highest BCUT2D eigenvalue weighted by Gasteiger charge is 2.36. The second kappa shape index (κ2) is 6.71. The van der Waals surface area contributed by atoms with Crippen LogP contribution in [0.15, 0.2) is 18.2 Å². The number of carbonyl (C=O) groups is 2. The molecule has 2 N–H and O–H groups in total. The second-order valence-electron chi connectivity index (χ2n) is 6.64. The van der Waals surface area contributed by atoms with Crippen molar-refractivity contribution in [1.29, 1.82) is 0 Å². The van der Waals surface area contributed by atoms with Crippen LogP contribution in [0.4, 0.5) is 0 Å². The normalized spacial score (nSPS) is 19.1. The van der Waals surface area contributed by atoms with Gasteiger partial charge in [-0.05, 0) is 48.8 Å². The fraction of sp³-hybridized carbons (Fsp3) is 0.556. The lowest BCUT2D eigenvalue weighted by molar-refractivity contribution is -0.140. The number of ether oxygens (including phenoxy) is 1. The van der Waals surface area contributed by atoms with Gasteiger partial charge in [0.25, 0.3) is 0 Å². The molecule has 1 aromatic rings. The predicted molar refractivity (Wildman–Crippen MR) is 85.4 cm³/mol. The summed E-state index contributed by atoms with van der Waals surface area (Å²) in [6.45, 7) is 0.985. The van der Waals surface area contributed by atoms with Gasteiger partial charge in [0.2, 0.25) is 5.91 Å². The van der Waals surface area contributed by atoms with Gasteiger partial charge in [-0.2, -0.15) is 0 Å². The zero-order chi connectivity index (χ0) is 16.3. The summed E-state index contributed by atoms with van der Waals surface area (Å²) >= 11 is 0. The van der Waals surface area contributed by atoms with Crippen molar-refractivity contribution in [3.05, 3.63) is 34.9 Å². The third kappa shape index (κ3) is 3.91. The van der Waals surface area contributed by atoms with Gasteiger partial charge in [-0.15, -0.1) is 0 Å². The summed E-state index contributed by atoms with van der Waals surface area (Å²) in [5, 5.41) is 12.1. The molecule has 1 aromatic carbocycles. The maximum Gasteiger partial charge on any atom is 0.305 e. The van der Waals surface area contributed by atoms with Crippen molar-refractivity contribution in [2.24, 2.45) is 0 Å². The molecule has 0 spiro atoms. The number of carboxylic acid groups (broad SMARTS) is 1. The third-order valence-corrected chi connectivity index (χ3v) is 4.87. The molecule has 1 heterocycles. The van der Waals surface area contributed by atoms with E-state index < -0.39 is 11.5 Å². The number of benzene rings is 1. The number of fused-ring (bicyclic) bond motifs is 1. The maximum atomic E-state index is 12.4. The predicted octanol–water partition coefficient (Wildman–Crippen LogP) is 1.86. The number of hydrogen-bond acceptors (Lipinski definition) is 3. The second-order valence-corrected chi connectivity index (χ2v) is 6.64. The average Bonchev–Trinajstić information content (AvgIpc) is 2.94. The highest BCUT2D eigenvalue weighted by molar-refractivity contribution is 5.80. The Morgan fingerprint density at radius 3 is 2.65 bits per heavy atom. The van der Waals surface area contributed by atoms with Crippen LogP contribution in [-0.4, -0.2) is 35.7 Å². The summed E-state index contributed by atoms with van der Waals surface area (Å²) in [6.07, 6.45) is 4.76. The lowest BCUT2D eigenvalue weighted by Crippen LogP contribution is -2.53. The van der Waals surface area contributed by atoms with E-state index in [1.807, 2.05) is 6.07 Å². The van der Waals surface area contributed by atoms with E-state index in [0.29, 0.717) is 32.5 Å². The SMILES string of the molecule is O=C(O)CC1(NC(=O)Cc2ccc3c(c2)CCC3)CCOCC1. The van der Waals surface area contributed by atoms with Gasteiger partial charge in [-0.1, -0.05) is 18.2 Å². The van der Waals surface area contributed by atoms with E-state index in [4.69, 9.17) is 9.84 Å². The Balaban J connectivity index is 1.66. The summed E-state index contributed by atoms with van der Waals surface area (Å²) in [7, 11) is 0. The summed E-state index contributed by atoms with van der Waals surface area (Å²) in [4.78, 5) is 23.6. The monoisotopic (exact) mass is 317 g/mol. The largest absolute Gasteiger partial charge is 0.481 e. The number of aliphatic carboxylic acids is 1. The number of nitrogens with one attached hydrogen (secondary N) is 1. The van der Waals surface area contributed by atoms with Crippen LogP contribution in [0.2, 0.25) is 0 Å². The lowest BCUT2D eigenvalue weighted by atomic mass is 9.86. The topological polar surface area (TPSA) is 75.6 Å². The Bertz CT molecular complexity index is 605. The summed E-state index contributed by atoms with van der Waals surface area (Å²) < 4.78 is 5.31. The molecule has 0 unspecified atom stereocenters. The number of carboxylic acids is 1. The maximum absolute atomic E-state index is 12.4. The van der Waals surface area contributed by atoms with Crippen molar-refractivity contribution < 1.29 is 19.4 Å². The molecule has 1 aliphatic carbocycles. The van der Waals surface area contributed by atoms with Crippen molar-refractivity contribution >= 4 is 11.9 Å². The van der Waals surface area contributed by atoms with Crippen LogP contribution >= 0.6 is 0 Å². The first kappa shape index (κ1) is 16.0. The van der Waals surface area contributed by atoms with Crippen LogP contribution in [0.5, 0.6) is 0 Å². The number of amides is 1. The first-order valence-corrected chi connectivity index (χ1v) is 8.28. The lowest BCUT2D eigenvalue weighted by Gasteiger charge is -2.36. The molecule has 2 aliphatic rings. The van der Waals surface area contributed by atoms with Crippen molar-refractivity contribution in [3.63, 3.8) is 0 Å². The first-order valence-electron chi connectivity index (χ1n) is 8.28. The van der Waals surface area contributed by atoms with Crippen LogP contribution in [-0.2, 0) is 33.6 Å². The van der Waals surface area contributed by atoms with Crippen molar-refractivity contribution in [2.75, 3.05) is 13.2 Å². The number of rotatable bonds is 5. The third-order valence-electron chi connectivity index (χ3n) is 4.87. The van der Waals surface area contributed by atoms with Crippen LogP contribution in [0.1, 0.15) is 42.4 Å². The number of aryl methyl sites for hydroxylation is 2. The molecule has 0 saturated carbocycles. The summed E-state index contributed by atoms with van der Waals surface area (Å²) in [6, 6.07) is 6.25.